The number of carboxylic acid groups (broad SMARTS) is 1. The van der Waals surface area contributed by atoms with Crippen molar-refractivity contribution in [2.45, 2.75) is 0 Å². The highest BCUT2D eigenvalue weighted by atomic mass is 16.4. The average Bonchev–Trinajstić information content (AvgIpc) is 2.83. The number of imidazole rings is 1. The minimum absolute atomic E-state index is 0.155. The molecule has 0 spiro atoms. The molecule has 0 aliphatic heterocycles. The first-order valence-corrected chi connectivity index (χ1v) is 5.24. The summed E-state index contributed by atoms with van der Waals surface area (Å²) in [5.74, 6) is -0.455. The number of hydrogen-bond acceptors (Lipinski definition) is 4. The van der Waals surface area contributed by atoms with Gasteiger partial charge in [-0.2, -0.15) is 0 Å². The molecule has 0 amide bonds. The van der Waals surface area contributed by atoms with Crippen molar-refractivity contribution in [3.8, 4) is 11.4 Å². The van der Waals surface area contributed by atoms with E-state index in [4.69, 9.17) is 5.11 Å². The van der Waals surface area contributed by atoms with Gasteiger partial charge in [-0.3, -0.25) is 4.98 Å². The fourth-order valence-electron chi connectivity index (χ4n) is 1.73. The zero-order valence-corrected chi connectivity index (χ0v) is 9.16. The predicted molar refractivity (Wildman–Crippen MR) is 64.1 cm³/mol. The van der Waals surface area contributed by atoms with Crippen LogP contribution in [0.3, 0.4) is 0 Å². The van der Waals surface area contributed by atoms with E-state index in [1.165, 1.54) is 12.3 Å². The second kappa shape index (κ2) is 3.92. The molecule has 3 heterocycles. The summed E-state index contributed by atoms with van der Waals surface area (Å²) >= 11 is 0. The van der Waals surface area contributed by atoms with Crippen molar-refractivity contribution in [1.29, 1.82) is 0 Å². The Hall–Kier alpha value is -2.76. The van der Waals surface area contributed by atoms with Crippen LogP contribution in [0.2, 0.25) is 0 Å². The van der Waals surface area contributed by atoms with Crippen LogP contribution in [0.15, 0.2) is 36.8 Å². The Labute approximate surface area is 101 Å². The Kier molecular flexibility index (Phi) is 2.26. The van der Waals surface area contributed by atoms with Gasteiger partial charge in [0.25, 0.3) is 0 Å². The number of nitrogens with zero attached hydrogens (tertiary/aromatic N) is 3. The zero-order valence-electron chi connectivity index (χ0n) is 9.16. The minimum Gasteiger partial charge on any atom is -0.478 e. The maximum atomic E-state index is 11.1. The third-order valence-corrected chi connectivity index (χ3v) is 2.56. The number of carboxylic acids is 1. The summed E-state index contributed by atoms with van der Waals surface area (Å²) in [5.41, 5.74) is 1.74. The van der Waals surface area contributed by atoms with Crippen molar-refractivity contribution in [3.63, 3.8) is 0 Å². The first-order chi connectivity index (χ1) is 8.75. The van der Waals surface area contributed by atoms with Crippen molar-refractivity contribution >= 4 is 17.1 Å². The third kappa shape index (κ3) is 1.60. The van der Waals surface area contributed by atoms with Gasteiger partial charge in [0, 0.05) is 24.2 Å². The number of nitrogens with one attached hydrogen (secondary N) is 1. The monoisotopic (exact) mass is 240 g/mol. The molecular formula is C12H8N4O2. The lowest BCUT2D eigenvalue weighted by atomic mass is 10.2. The quantitative estimate of drug-likeness (QED) is 0.711. The van der Waals surface area contributed by atoms with Crippen LogP contribution in [0.4, 0.5) is 0 Å². The van der Waals surface area contributed by atoms with Crippen LogP contribution in [0.25, 0.3) is 22.6 Å². The van der Waals surface area contributed by atoms with E-state index in [0.29, 0.717) is 17.0 Å². The molecule has 88 valence electrons. The summed E-state index contributed by atoms with van der Waals surface area (Å²) in [6.07, 6.45) is 4.74. The lowest BCUT2D eigenvalue weighted by molar-refractivity contribution is 0.0699. The van der Waals surface area contributed by atoms with E-state index in [9.17, 15) is 4.79 Å². The van der Waals surface area contributed by atoms with Crippen molar-refractivity contribution in [3.05, 3.63) is 42.4 Å². The van der Waals surface area contributed by atoms with Crippen molar-refractivity contribution in [2.75, 3.05) is 0 Å². The van der Waals surface area contributed by atoms with E-state index in [2.05, 4.69) is 19.9 Å². The van der Waals surface area contributed by atoms with Crippen LogP contribution in [-0.2, 0) is 0 Å². The molecule has 0 saturated heterocycles. The third-order valence-electron chi connectivity index (χ3n) is 2.56. The Balaban J connectivity index is 2.23. The molecule has 0 saturated carbocycles. The highest BCUT2D eigenvalue weighted by molar-refractivity contribution is 6.00. The summed E-state index contributed by atoms with van der Waals surface area (Å²) in [6.45, 7) is 0. The van der Waals surface area contributed by atoms with E-state index >= 15 is 0 Å². The van der Waals surface area contributed by atoms with E-state index in [-0.39, 0.29) is 5.56 Å². The zero-order chi connectivity index (χ0) is 12.5. The minimum atomic E-state index is -1.01. The number of aromatic carboxylic acids is 1. The molecule has 0 aliphatic rings. The fraction of sp³-hybridized carbons (Fsp3) is 0. The first kappa shape index (κ1) is 10.4. The first-order valence-electron chi connectivity index (χ1n) is 5.24. The number of aromatic nitrogens is 4. The molecule has 0 aliphatic carbocycles. The van der Waals surface area contributed by atoms with Gasteiger partial charge < -0.3 is 10.1 Å². The van der Waals surface area contributed by atoms with E-state index < -0.39 is 5.97 Å². The molecule has 6 nitrogen and oxygen atoms in total. The van der Waals surface area contributed by atoms with Crippen LogP contribution in [-0.4, -0.2) is 31.0 Å². The van der Waals surface area contributed by atoms with Gasteiger partial charge in [0.15, 0.2) is 5.65 Å². The second-order valence-electron chi connectivity index (χ2n) is 3.69. The maximum absolute atomic E-state index is 11.1. The molecule has 6 heteroatoms. The lowest BCUT2D eigenvalue weighted by Crippen LogP contribution is -1.97. The topological polar surface area (TPSA) is 91.8 Å². The van der Waals surface area contributed by atoms with E-state index in [1.54, 1.807) is 18.5 Å². The van der Waals surface area contributed by atoms with Crippen LogP contribution in [0.5, 0.6) is 0 Å². The predicted octanol–water partition coefficient (Wildman–Crippen LogP) is 1.72. The van der Waals surface area contributed by atoms with Crippen molar-refractivity contribution in [2.24, 2.45) is 0 Å². The molecular weight excluding hydrogens is 232 g/mol. The van der Waals surface area contributed by atoms with Gasteiger partial charge in [0.1, 0.15) is 5.82 Å². The number of carbonyl (C=O) groups is 1. The summed E-state index contributed by atoms with van der Waals surface area (Å²) in [6, 6.07) is 5.06. The van der Waals surface area contributed by atoms with E-state index in [0.717, 1.165) is 5.56 Å². The molecule has 0 radical (unpaired) electrons. The van der Waals surface area contributed by atoms with Crippen molar-refractivity contribution in [1.82, 2.24) is 19.9 Å². The number of fused-ring (bicyclic) bond motifs is 1. The summed E-state index contributed by atoms with van der Waals surface area (Å²) in [4.78, 5) is 26.3. The van der Waals surface area contributed by atoms with Crippen molar-refractivity contribution < 1.29 is 9.90 Å². The smallest absolute Gasteiger partial charge is 0.338 e. The number of aromatic amines is 1. The standard InChI is InChI=1S/C12H8N4O2/c17-12(18)8-3-5-14-11-9(8)15-10(16-11)7-2-1-4-13-6-7/h1-6H,(H,17,18)(H,14,15,16). The molecule has 18 heavy (non-hydrogen) atoms. The molecule has 3 aromatic rings. The number of rotatable bonds is 2. The van der Waals surface area contributed by atoms with Gasteiger partial charge in [-0.1, -0.05) is 0 Å². The molecule has 3 aromatic heterocycles. The number of H-pyrrole nitrogens is 1. The highest BCUT2D eigenvalue weighted by Crippen LogP contribution is 2.20. The SMILES string of the molecule is O=C(O)c1ccnc2nc(-c3cccnc3)[nH]c12. The highest BCUT2D eigenvalue weighted by Gasteiger charge is 2.13. The molecule has 3 rings (SSSR count). The largest absolute Gasteiger partial charge is 0.478 e. The van der Waals surface area contributed by atoms with Crippen LogP contribution < -0.4 is 0 Å². The van der Waals surface area contributed by atoms with Gasteiger partial charge in [-0.05, 0) is 18.2 Å². The van der Waals surface area contributed by atoms with Crippen LogP contribution in [0, 0.1) is 0 Å². The Bertz CT molecular complexity index is 721. The molecule has 0 aromatic carbocycles. The van der Waals surface area contributed by atoms with Gasteiger partial charge in [-0.25, -0.2) is 14.8 Å². The summed E-state index contributed by atoms with van der Waals surface area (Å²) in [5, 5.41) is 9.07. The van der Waals surface area contributed by atoms with Crippen LogP contribution >= 0.6 is 0 Å². The Morgan fingerprint density at radius 2 is 2.17 bits per heavy atom. The average molecular weight is 240 g/mol. The summed E-state index contributed by atoms with van der Waals surface area (Å²) in [7, 11) is 0. The Morgan fingerprint density at radius 1 is 1.28 bits per heavy atom. The molecule has 2 N–H and O–H groups in total. The normalized spacial score (nSPS) is 10.7. The number of hydrogen-bond donors (Lipinski definition) is 2. The van der Waals surface area contributed by atoms with Crippen LogP contribution in [0.1, 0.15) is 10.4 Å². The van der Waals surface area contributed by atoms with Gasteiger partial charge in [-0.15, -0.1) is 0 Å². The maximum Gasteiger partial charge on any atom is 0.338 e. The lowest BCUT2D eigenvalue weighted by Gasteiger charge is -1.94. The number of pyridine rings is 2. The molecule has 0 bridgehead atoms. The second-order valence-corrected chi connectivity index (χ2v) is 3.69. The van der Waals surface area contributed by atoms with E-state index in [1.807, 2.05) is 6.07 Å². The van der Waals surface area contributed by atoms with Gasteiger partial charge in [0.2, 0.25) is 0 Å². The van der Waals surface area contributed by atoms with Gasteiger partial charge in [0.05, 0.1) is 11.1 Å². The summed E-state index contributed by atoms with van der Waals surface area (Å²) < 4.78 is 0. The fourth-order valence-corrected chi connectivity index (χ4v) is 1.73. The van der Waals surface area contributed by atoms with Gasteiger partial charge >= 0.3 is 5.97 Å². The molecule has 0 unspecified atom stereocenters. The molecule has 0 fully saturated rings. The molecule has 0 atom stereocenters. The Morgan fingerprint density at radius 3 is 2.89 bits per heavy atom.